The lowest BCUT2D eigenvalue weighted by Crippen LogP contribution is -2.42. The SMILES string of the molecule is CCCCCc1ccc(C(=O)OC2CCC(C(F)(F)OC3CCC(C(F)(F)Oc4cc(F)c(OC(F)(F)F)c(F)c4)CC3)CC2)c(F)c1. The normalized spacial score (nSPS) is 22.3. The third-order valence-electron chi connectivity index (χ3n) is 8.66. The molecule has 268 valence electrons. The molecule has 0 radical (unpaired) electrons. The number of carbonyl (C=O) groups is 1. The molecule has 0 spiro atoms. The Labute approximate surface area is 270 Å². The van der Waals surface area contributed by atoms with Gasteiger partial charge in [0.05, 0.1) is 23.5 Å². The smallest absolute Gasteiger partial charge is 0.459 e. The number of alkyl halides is 7. The number of aryl methyl sites for hydroxylation is 1. The Morgan fingerprint density at radius 3 is 1.81 bits per heavy atom. The molecular formula is C33H36F10O5. The Hall–Kier alpha value is -3.23. The number of benzene rings is 2. The summed E-state index contributed by atoms with van der Waals surface area (Å²) in [7, 11) is 0. The number of carbonyl (C=O) groups excluding carboxylic acids is 1. The average molecular weight is 703 g/mol. The Morgan fingerprint density at radius 1 is 0.708 bits per heavy atom. The van der Waals surface area contributed by atoms with Gasteiger partial charge in [-0.05, 0) is 81.9 Å². The highest BCUT2D eigenvalue weighted by Crippen LogP contribution is 2.44. The van der Waals surface area contributed by atoms with E-state index in [9.17, 15) is 39.9 Å². The highest BCUT2D eigenvalue weighted by molar-refractivity contribution is 5.89. The summed E-state index contributed by atoms with van der Waals surface area (Å²) in [6.45, 7) is 2.05. The van der Waals surface area contributed by atoms with E-state index in [2.05, 4.69) is 16.4 Å². The second-order valence-electron chi connectivity index (χ2n) is 12.2. The molecule has 48 heavy (non-hydrogen) atoms. The Balaban J connectivity index is 1.23. The van der Waals surface area contributed by atoms with Crippen molar-refractivity contribution in [2.24, 2.45) is 11.8 Å². The van der Waals surface area contributed by atoms with E-state index in [0.717, 1.165) is 24.8 Å². The zero-order valence-electron chi connectivity index (χ0n) is 26.0. The van der Waals surface area contributed by atoms with Crippen molar-refractivity contribution >= 4 is 5.97 Å². The second kappa shape index (κ2) is 15.5. The summed E-state index contributed by atoms with van der Waals surface area (Å²) in [6, 6.07) is 4.55. The molecule has 2 aromatic rings. The number of halogens is 10. The lowest BCUT2D eigenvalue weighted by atomic mass is 9.85. The third-order valence-corrected chi connectivity index (χ3v) is 8.66. The van der Waals surface area contributed by atoms with Gasteiger partial charge in [0.15, 0.2) is 11.6 Å². The summed E-state index contributed by atoms with van der Waals surface area (Å²) in [5.74, 6) is -11.1. The molecule has 0 bridgehead atoms. The highest BCUT2D eigenvalue weighted by atomic mass is 19.4. The fraction of sp³-hybridized carbons (Fsp3) is 0.606. The van der Waals surface area contributed by atoms with E-state index in [1.165, 1.54) is 12.1 Å². The number of unbranched alkanes of at least 4 members (excludes halogenated alkanes) is 2. The molecule has 0 atom stereocenters. The zero-order valence-corrected chi connectivity index (χ0v) is 26.0. The van der Waals surface area contributed by atoms with Crippen LogP contribution in [0.4, 0.5) is 43.9 Å². The zero-order chi connectivity index (χ0) is 35.3. The quantitative estimate of drug-likeness (QED) is 0.118. The fourth-order valence-corrected chi connectivity index (χ4v) is 6.07. The van der Waals surface area contributed by atoms with Gasteiger partial charge in [0.2, 0.25) is 5.75 Å². The van der Waals surface area contributed by atoms with Crippen molar-refractivity contribution in [3.8, 4) is 11.5 Å². The van der Waals surface area contributed by atoms with Crippen LogP contribution >= 0.6 is 0 Å². The topological polar surface area (TPSA) is 54.0 Å². The van der Waals surface area contributed by atoms with E-state index in [4.69, 9.17) is 9.47 Å². The van der Waals surface area contributed by atoms with Crippen molar-refractivity contribution in [1.29, 1.82) is 0 Å². The minimum absolute atomic E-state index is 0.0645. The van der Waals surface area contributed by atoms with Gasteiger partial charge in [-0.3, -0.25) is 0 Å². The average Bonchev–Trinajstić information content (AvgIpc) is 2.99. The number of ether oxygens (including phenoxy) is 4. The number of rotatable bonds is 13. The van der Waals surface area contributed by atoms with Crippen molar-refractivity contribution < 1.29 is 67.6 Å². The molecule has 2 aromatic carbocycles. The molecule has 4 rings (SSSR count). The van der Waals surface area contributed by atoms with Crippen LogP contribution in [0.15, 0.2) is 30.3 Å². The predicted octanol–water partition coefficient (Wildman–Crippen LogP) is 10.3. The summed E-state index contributed by atoms with van der Waals surface area (Å²) in [5.41, 5.74) is 0.528. The van der Waals surface area contributed by atoms with Gasteiger partial charge >= 0.3 is 24.5 Å². The van der Waals surface area contributed by atoms with E-state index in [1.54, 1.807) is 6.07 Å². The molecule has 2 fully saturated rings. The van der Waals surface area contributed by atoms with Gasteiger partial charge in [0, 0.05) is 12.1 Å². The van der Waals surface area contributed by atoms with Crippen LogP contribution < -0.4 is 9.47 Å². The van der Waals surface area contributed by atoms with E-state index >= 15 is 8.78 Å². The molecule has 0 aliphatic heterocycles. The Bertz CT molecular complexity index is 1360. The summed E-state index contributed by atoms with van der Waals surface area (Å²) in [5, 5.41) is 0. The van der Waals surface area contributed by atoms with Crippen LogP contribution in [0.3, 0.4) is 0 Å². The highest BCUT2D eigenvalue weighted by Gasteiger charge is 2.48. The number of hydrogen-bond donors (Lipinski definition) is 0. The summed E-state index contributed by atoms with van der Waals surface area (Å²) < 4.78 is 157. The largest absolute Gasteiger partial charge is 0.573 e. The first kappa shape index (κ1) is 37.6. The van der Waals surface area contributed by atoms with Crippen LogP contribution in [0, 0.1) is 29.3 Å². The van der Waals surface area contributed by atoms with Gasteiger partial charge in [0.1, 0.15) is 17.7 Å². The molecular weight excluding hydrogens is 666 g/mol. The molecule has 5 nitrogen and oxygen atoms in total. The standard InChI is InChI=1S/C33H36F10O5/c1-2-3-4-5-19-6-15-25(26(34)16-19)30(44)45-22-11-7-20(8-12-22)31(37,38)46-23-13-9-21(10-14-23)32(39,40)47-24-17-27(35)29(28(36)18-24)48-33(41,42)43/h6,15-18,20-23H,2-5,7-14H2,1H3. The van der Waals surface area contributed by atoms with Gasteiger partial charge in [-0.2, -0.15) is 17.6 Å². The van der Waals surface area contributed by atoms with Gasteiger partial charge < -0.3 is 18.9 Å². The molecule has 0 amide bonds. The Morgan fingerprint density at radius 2 is 1.27 bits per heavy atom. The van der Waals surface area contributed by atoms with Crippen LogP contribution in [0.5, 0.6) is 11.5 Å². The third kappa shape index (κ3) is 10.1. The van der Waals surface area contributed by atoms with Gasteiger partial charge in [-0.15, -0.1) is 13.2 Å². The molecule has 0 N–H and O–H groups in total. The van der Waals surface area contributed by atoms with E-state index in [0.29, 0.717) is 6.42 Å². The van der Waals surface area contributed by atoms with Crippen LogP contribution in [0.2, 0.25) is 0 Å². The Kier molecular flexibility index (Phi) is 12.2. The summed E-state index contributed by atoms with van der Waals surface area (Å²) in [4.78, 5) is 12.6. The first-order valence-corrected chi connectivity index (χ1v) is 15.8. The van der Waals surface area contributed by atoms with Crippen LogP contribution in [-0.4, -0.2) is 36.8 Å². The van der Waals surface area contributed by atoms with Crippen molar-refractivity contribution in [2.45, 2.75) is 115 Å². The lowest BCUT2D eigenvalue weighted by molar-refractivity contribution is -0.306. The molecule has 15 heteroatoms. The molecule has 0 unspecified atom stereocenters. The first-order valence-electron chi connectivity index (χ1n) is 15.8. The minimum Gasteiger partial charge on any atom is -0.459 e. The van der Waals surface area contributed by atoms with Crippen LogP contribution in [0.1, 0.15) is 93.5 Å². The maximum atomic E-state index is 15.1. The molecule has 0 saturated heterocycles. The molecule has 2 saturated carbocycles. The molecule has 0 aromatic heterocycles. The molecule has 0 heterocycles. The molecule has 2 aliphatic rings. The maximum absolute atomic E-state index is 15.1. The lowest BCUT2D eigenvalue weighted by Gasteiger charge is -2.37. The van der Waals surface area contributed by atoms with E-state index in [1.807, 2.05) is 0 Å². The van der Waals surface area contributed by atoms with Gasteiger partial charge in [-0.25, -0.2) is 18.0 Å². The van der Waals surface area contributed by atoms with Crippen LogP contribution in [-0.2, 0) is 15.9 Å². The maximum Gasteiger partial charge on any atom is 0.573 e. The van der Waals surface area contributed by atoms with E-state index in [-0.39, 0.29) is 69.1 Å². The van der Waals surface area contributed by atoms with Crippen molar-refractivity contribution in [1.82, 2.24) is 0 Å². The van der Waals surface area contributed by atoms with Gasteiger partial charge in [-0.1, -0.05) is 25.8 Å². The summed E-state index contributed by atoms with van der Waals surface area (Å²) >= 11 is 0. The predicted molar refractivity (Wildman–Crippen MR) is 151 cm³/mol. The van der Waals surface area contributed by atoms with Crippen molar-refractivity contribution in [2.75, 3.05) is 0 Å². The van der Waals surface area contributed by atoms with Crippen molar-refractivity contribution in [3.05, 3.63) is 58.9 Å². The second-order valence-corrected chi connectivity index (χ2v) is 12.2. The van der Waals surface area contributed by atoms with Gasteiger partial charge in [0.25, 0.3) is 0 Å². The van der Waals surface area contributed by atoms with Crippen LogP contribution in [0.25, 0.3) is 0 Å². The summed E-state index contributed by atoms with van der Waals surface area (Å²) in [6.07, 6.45) is -12.3. The molecule has 2 aliphatic carbocycles. The minimum atomic E-state index is -5.43. The van der Waals surface area contributed by atoms with Crippen molar-refractivity contribution in [3.63, 3.8) is 0 Å². The fourth-order valence-electron chi connectivity index (χ4n) is 6.07. The number of hydrogen-bond acceptors (Lipinski definition) is 5. The number of esters is 1. The monoisotopic (exact) mass is 702 g/mol. The van der Waals surface area contributed by atoms with E-state index < -0.39 is 77.5 Å². The first-order chi connectivity index (χ1) is 22.5.